The molecule has 0 spiro atoms. The number of benzene rings is 1. The molecule has 7 nitrogen and oxygen atoms in total. The lowest BCUT2D eigenvalue weighted by atomic mass is 10.1. The Morgan fingerprint density at radius 1 is 1.06 bits per heavy atom. The highest BCUT2D eigenvalue weighted by atomic mass is 19.2. The first-order chi connectivity index (χ1) is 14.9. The number of pyridine rings is 1. The van der Waals surface area contributed by atoms with Gasteiger partial charge in [0.05, 0.1) is 17.6 Å². The average molecular weight is 426 g/mol. The van der Waals surface area contributed by atoms with E-state index in [2.05, 4.69) is 34.4 Å². The predicted octanol–water partition coefficient (Wildman–Crippen LogP) is 2.90. The van der Waals surface area contributed by atoms with Crippen molar-refractivity contribution < 1.29 is 13.9 Å². The molecular formula is C22H24F2N6O. The molecule has 1 aliphatic heterocycles. The third kappa shape index (κ3) is 3.43. The van der Waals surface area contributed by atoms with Crippen LogP contribution in [0.25, 0.3) is 27.6 Å². The first-order valence-corrected chi connectivity index (χ1v) is 10.4. The number of nitrogens with zero attached hydrogens (tertiary/aromatic N) is 4. The van der Waals surface area contributed by atoms with Crippen molar-refractivity contribution in [3.05, 3.63) is 42.0 Å². The van der Waals surface area contributed by atoms with Crippen LogP contribution < -0.4 is 15.5 Å². The summed E-state index contributed by atoms with van der Waals surface area (Å²) in [6.07, 6.45) is 0. The van der Waals surface area contributed by atoms with Crippen molar-refractivity contribution in [3.8, 4) is 0 Å². The second-order valence-corrected chi connectivity index (χ2v) is 8.19. The molecule has 1 aliphatic rings. The van der Waals surface area contributed by atoms with Gasteiger partial charge in [0.25, 0.3) is 0 Å². The van der Waals surface area contributed by atoms with Crippen molar-refractivity contribution in [1.29, 1.82) is 0 Å². The van der Waals surface area contributed by atoms with E-state index in [1.54, 1.807) is 10.5 Å². The topological polar surface area (TPSA) is 77.7 Å². The Balaban J connectivity index is 1.76. The van der Waals surface area contributed by atoms with E-state index in [9.17, 15) is 13.9 Å². The molecule has 4 aromatic rings. The van der Waals surface area contributed by atoms with E-state index >= 15 is 0 Å². The maximum Gasteiger partial charge on any atom is 0.166 e. The predicted molar refractivity (Wildman–Crippen MR) is 118 cm³/mol. The number of fused-ring (bicyclic) bond motifs is 5. The van der Waals surface area contributed by atoms with Crippen LogP contribution in [0, 0.1) is 11.6 Å². The summed E-state index contributed by atoms with van der Waals surface area (Å²) in [4.78, 5) is 11.8. The van der Waals surface area contributed by atoms with Gasteiger partial charge in [0.1, 0.15) is 11.3 Å². The molecule has 31 heavy (non-hydrogen) atoms. The molecule has 3 N–H and O–H groups in total. The van der Waals surface area contributed by atoms with E-state index in [0.717, 1.165) is 18.9 Å². The van der Waals surface area contributed by atoms with Crippen molar-refractivity contribution in [2.45, 2.75) is 25.9 Å². The lowest BCUT2D eigenvalue weighted by molar-refractivity contribution is 0.311. The molecule has 5 rings (SSSR count). The SMILES string of the molecule is C[C@@H]1CN(c2ccc3nc(NCCO)c4cc5cc(F)c(F)cc5n4c3n2)C[C@H](C)N1. The maximum atomic E-state index is 14.1. The van der Waals surface area contributed by atoms with E-state index in [1.165, 1.54) is 12.1 Å². The van der Waals surface area contributed by atoms with Crippen LogP contribution in [-0.4, -0.2) is 57.8 Å². The van der Waals surface area contributed by atoms with E-state index in [1.807, 2.05) is 12.1 Å². The van der Waals surface area contributed by atoms with Crippen LogP contribution in [0.15, 0.2) is 30.3 Å². The number of halogens is 2. The number of nitrogens with one attached hydrogen (secondary N) is 2. The monoisotopic (exact) mass is 426 g/mol. The van der Waals surface area contributed by atoms with Crippen LogP contribution in [0.4, 0.5) is 20.4 Å². The fourth-order valence-corrected chi connectivity index (χ4v) is 4.46. The molecule has 0 saturated carbocycles. The Bertz CT molecular complexity index is 1280. The molecule has 3 aromatic heterocycles. The minimum absolute atomic E-state index is 0.0636. The van der Waals surface area contributed by atoms with Crippen molar-refractivity contribution in [2.24, 2.45) is 0 Å². The number of hydrogen-bond acceptors (Lipinski definition) is 6. The molecule has 9 heteroatoms. The summed E-state index contributed by atoms with van der Waals surface area (Å²) in [6, 6.07) is 8.62. The number of aliphatic hydroxyl groups is 1. The fraction of sp³-hybridized carbons (Fsp3) is 0.364. The van der Waals surface area contributed by atoms with E-state index in [-0.39, 0.29) is 6.61 Å². The van der Waals surface area contributed by atoms with Gasteiger partial charge in [-0.2, -0.15) is 0 Å². The normalized spacial score (nSPS) is 19.6. The first kappa shape index (κ1) is 19.9. The summed E-state index contributed by atoms with van der Waals surface area (Å²) in [6.45, 7) is 6.16. The van der Waals surface area contributed by atoms with Gasteiger partial charge in [-0.1, -0.05) is 0 Å². The molecule has 4 heterocycles. The van der Waals surface area contributed by atoms with E-state index in [4.69, 9.17) is 4.98 Å². The van der Waals surface area contributed by atoms with Crippen molar-refractivity contribution in [1.82, 2.24) is 19.7 Å². The van der Waals surface area contributed by atoms with E-state index < -0.39 is 11.6 Å². The summed E-state index contributed by atoms with van der Waals surface area (Å²) in [5.74, 6) is -0.472. The minimum atomic E-state index is -0.914. The number of rotatable bonds is 4. The third-order valence-electron chi connectivity index (χ3n) is 5.66. The van der Waals surface area contributed by atoms with Crippen LogP contribution >= 0.6 is 0 Å². The zero-order valence-corrected chi connectivity index (χ0v) is 17.4. The number of piperazine rings is 1. The lowest BCUT2D eigenvalue weighted by Crippen LogP contribution is -2.54. The second-order valence-electron chi connectivity index (χ2n) is 8.19. The van der Waals surface area contributed by atoms with Gasteiger partial charge in [-0.05, 0) is 38.1 Å². The number of hydrogen-bond donors (Lipinski definition) is 3. The zero-order valence-electron chi connectivity index (χ0n) is 17.4. The summed E-state index contributed by atoms with van der Waals surface area (Å²) < 4.78 is 29.8. The van der Waals surface area contributed by atoms with Crippen LogP contribution in [0.1, 0.15) is 13.8 Å². The molecule has 0 bridgehead atoms. The summed E-state index contributed by atoms with van der Waals surface area (Å²) in [5.41, 5.74) is 2.35. The molecule has 1 aromatic carbocycles. The smallest absolute Gasteiger partial charge is 0.166 e. The third-order valence-corrected chi connectivity index (χ3v) is 5.66. The lowest BCUT2D eigenvalue weighted by Gasteiger charge is -2.37. The van der Waals surface area contributed by atoms with Gasteiger partial charge >= 0.3 is 0 Å². The molecule has 0 aliphatic carbocycles. The Labute approximate surface area is 177 Å². The number of anilines is 2. The number of aromatic nitrogens is 3. The molecule has 0 amide bonds. The van der Waals surface area contributed by atoms with Crippen LogP contribution in [0.3, 0.4) is 0 Å². The Hall–Kier alpha value is -3.04. The van der Waals surface area contributed by atoms with Crippen molar-refractivity contribution >= 4 is 39.2 Å². The van der Waals surface area contributed by atoms with Crippen molar-refractivity contribution in [2.75, 3.05) is 36.5 Å². The van der Waals surface area contributed by atoms with Gasteiger partial charge in [-0.25, -0.2) is 18.7 Å². The fourth-order valence-electron chi connectivity index (χ4n) is 4.46. The largest absolute Gasteiger partial charge is 0.395 e. The van der Waals surface area contributed by atoms with Gasteiger partial charge in [-0.15, -0.1) is 0 Å². The van der Waals surface area contributed by atoms with E-state index in [0.29, 0.717) is 52.0 Å². The Morgan fingerprint density at radius 3 is 2.55 bits per heavy atom. The second kappa shape index (κ2) is 7.58. The molecule has 1 fully saturated rings. The molecule has 0 radical (unpaired) electrons. The van der Waals surface area contributed by atoms with Crippen molar-refractivity contribution in [3.63, 3.8) is 0 Å². The Kier molecular flexibility index (Phi) is 4.86. The highest BCUT2D eigenvalue weighted by Crippen LogP contribution is 2.31. The summed E-state index contributed by atoms with van der Waals surface area (Å²) in [7, 11) is 0. The standard InChI is InChI=1S/C22H24F2N6O/c1-12-10-29(11-13(2)26-12)20-4-3-17-22(28-20)30-18-9-16(24)15(23)7-14(18)8-19(30)21(27-17)25-5-6-31/h3-4,7-9,12-13,26,31H,5-6,10-11H2,1-2H3,(H,25,27)/t12-,13+. The molecule has 2 atom stereocenters. The van der Waals surface area contributed by atoms with Crippen LogP contribution in [0.5, 0.6) is 0 Å². The molecule has 1 saturated heterocycles. The molecule has 162 valence electrons. The highest BCUT2D eigenvalue weighted by Gasteiger charge is 2.23. The summed E-state index contributed by atoms with van der Waals surface area (Å²) in [5, 5.41) is 16.4. The van der Waals surface area contributed by atoms with Gasteiger partial charge in [0.15, 0.2) is 23.1 Å². The zero-order chi connectivity index (χ0) is 21.7. The van der Waals surface area contributed by atoms with Crippen LogP contribution in [0.2, 0.25) is 0 Å². The van der Waals surface area contributed by atoms with Gasteiger partial charge in [-0.3, -0.25) is 4.40 Å². The molecule has 0 unspecified atom stereocenters. The molecular weight excluding hydrogens is 402 g/mol. The Morgan fingerprint density at radius 2 is 1.81 bits per heavy atom. The average Bonchev–Trinajstić information content (AvgIpc) is 3.10. The summed E-state index contributed by atoms with van der Waals surface area (Å²) >= 11 is 0. The minimum Gasteiger partial charge on any atom is -0.395 e. The maximum absolute atomic E-state index is 14.1. The van der Waals surface area contributed by atoms with Gasteiger partial charge < -0.3 is 20.6 Å². The first-order valence-electron chi connectivity index (χ1n) is 10.4. The van der Waals surface area contributed by atoms with Gasteiger partial charge in [0.2, 0.25) is 0 Å². The highest BCUT2D eigenvalue weighted by molar-refractivity contribution is 5.96. The number of aliphatic hydroxyl groups excluding tert-OH is 1. The van der Waals surface area contributed by atoms with Gasteiger partial charge in [0, 0.05) is 43.2 Å². The van der Waals surface area contributed by atoms with Crippen LogP contribution in [-0.2, 0) is 0 Å². The quantitative estimate of drug-likeness (QED) is 0.466.